The molecule has 24 heavy (non-hydrogen) atoms. The molecule has 1 amide bonds. The summed E-state index contributed by atoms with van der Waals surface area (Å²) in [5.74, 6) is 0.626. The molecule has 0 spiro atoms. The Hall–Kier alpha value is -2.89. The molecule has 6 heteroatoms. The number of carbonyl (C=O) groups is 1. The van der Waals surface area contributed by atoms with E-state index >= 15 is 0 Å². The number of amides is 1. The van der Waals surface area contributed by atoms with Gasteiger partial charge in [-0.1, -0.05) is 12.1 Å². The molecule has 6 nitrogen and oxygen atoms in total. The van der Waals surface area contributed by atoms with Gasteiger partial charge in [0.25, 0.3) is 5.91 Å². The maximum Gasteiger partial charge on any atom is 0.290 e. The van der Waals surface area contributed by atoms with Crippen LogP contribution in [0.2, 0.25) is 0 Å². The number of hydrogen-bond acceptors (Lipinski definition) is 4. The lowest BCUT2D eigenvalue weighted by Gasteiger charge is -2.21. The molecule has 0 radical (unpaired) electrons. The fourth-order valence-corrected chi connectivity index (χ4v) is 2.81. The van der Waals surface area contributed by atoms with Gasteiger partial charge in [0, 0.05) is 31.5 Å². The molecule has 1 aliphatic rings. The van der Waals surface area contributed by atoms with Crippen molar-refractivity contribution in [3.63, 3.8) is 0 Å². The molecule has 3 aromatic rings. The van der Waals surface area contributed by atoms with E-state index in [1.807, 2.05) is 17.8 Å². The van der Waals surface area contributed by atoms with Crippen molar-refractivity contribution in [1.82, 2.24) is 14.5 Å². The maximum absolute atomic E-state index is 12.9. The molecular weight excluding hydrogens is 306 g/mol. The van der Waals surface area contributed by atoms with Crippen LogP contribution in [0.4, 0.5) is 0 Å². The van der Waals surface area contributed by atoms with Crippen LogP contribution in [-0.4, -0.2) is 26.4 Å². The summed E-state index contributed by atoms with van der Waals surface area (Å²) in [6.45, 7) is 0.406. The normalized spacial score (nSPS) is 14.0. The number of nitrogens with zero attached hydrogens (tertiary/aromatic N) is 3. The van der Waals surface area contributed by atoms with Crippen molar-refractivity contribution in [2.75, 3.05) is 0 Å². The summed E-state index contributed by atoms with van der Waals surface area (Å²) in [6, 6.07) is 8.43. The van der Waals surface area contributed by atoms with Crippen molar-refractivity contribution in [1.29, 1.82) is 0 Å². The van der Waals surface area contributed by atoms with Gasteiger partial charge in [0.05, 0.1) is 11.9 Å². The fourth-order valence-electron chi connectivity index (χ4n) is 2.81. The molecule has 122 valence electrons. The third kappa shape index (κ3) is 2.60. The van der Waals surface area contributed by atoms with Crippen LogP contribution in [0.15, 0.2) is 51.9 Å². The molecule has 0 atom stereocenters. The van der Waals surface area contributed by atoms with E-state index < -0.39 is 0 Å². The summed E-state index contributed by atoms with van der Waals surface area (Å²) < 4.78 is 7.58. The van der Waals surface area contributed by atoms with Crippen LogP contribution < -0.4 is 5.43 Å². The van der Waals surface area contributed by atoms with Crippen LogP contribution in [0.5, 0.6) is 0 Å². The number of imidazole rings is 1. The Morgan fingerprint density at radius 3 is 2.88 bits per heavy atom. The summed E-state index contributed by atoms with van der Waals surface area (Å²) in [5, 5.41) is 0.483. The zero-order chi connectivity index (χ0) is 16.7. The van der Waals surface area contributed by atoms with Crippen molar-refractivity contribution in [3.05, 3.63) is 64.5 Å². The molecule has 0 bridgehead atoms. The highest BCUT2D eigenvalue weighted by Gasteiger charge is 2.35. The maximum atomic E-state index is 12.9. The Labute approximate surface area is 138 Å². The SMILES string of the molecule is Cn1ccnc1CN(C(=O)c1cc(=O)c2ccccc2o1)C1CC1. The lowest BCUT2D eigenvalue weighted by molar-refractivity contribution is 0.0692. The largest absolute Gasteiger partial charge is 0.451 e. The first-order chi connectivity index (χ1) is 11.6. The molecule has 0 aliphatic heterocycles. The Balaban J connectivity index is 1.70. The number of hydrogen-bond donors (Lipinski definition) is 0. The van der Waals surface area contributed by atoms with E-state index in [-0.39, 0.29) is 23.1 Å². The van der Waals surface area contributed by atoms with Crippen molar-refractivity contribution >= 4 is 16.9 Å². The Kier molecular flexibility index (Phi) is 3.45. The molecule has 2 heterocycles. The minimum Gasteiger partial charge on any atom is -0.451 e. The number of aromatic nitrogens is 2. The van der Waals surface area contributed by atoms with E-state index in [1.165, 1.54) is 6.07 Å². The van der Waals surface area contributed by atoms with E-state index in [9.17, 15) is 9.59 Å². The van der Waals surface area contributed by atoms with Gasteiger partial charge in [-0.25, -0.2) is 4.98 Å². The van der Waals surface area contributed by atoms with Crippen LogP contribution in [0.25, 0.3) is 11.0 Å². The minimum atomic E-state index is -0.261. The van der Waals surface area contributed by atoms with Crippen molar-refractivity contribution in [2.45, 2.75) is 25.4 Å². The number of carbonyl (C=O) groups excluding carboxylic acids is 1. The van der Waals surface area contributed by atoms with Gasteiger partial charge < -0.3 is 13.9 Å². The molecule has 4 rings (SSSR count). The second kappa shape index (κ2) is 5.63. The van der Waals surface area contributed by atoms with Crippen LogP contribution in [0.3, 0.4) is 0 Å². The average molecular weight is 323 g/mol. The number of para-hydroxylation sites is 1. The summed E-state index contributed by atoms with van der Waals surface area (Å²) in [4.78, 5) is 31.2. The lowest BCUT2D eigenvalue weighted by atomic mass is 10.2. The molecule has 1 fully saturated rings. The first kappa shape index (κ1) is 14.7. The minimum absolute atomic E-state index is 0.0832. The zero-order valence-electron chi connectivity index (χ0n) is 13.3. The smallest absolute Gasteiger partial charge is 0.290 e. The van der Waals surface area contributed by atoms with Gasteiger partial charge in [-0.05, 0) is 25.0 Å². The molecule has 0 saturated heterocycles. The van der Waals surface area contributed by atoms with E-state index in [4.69, 9.17) is 4.42 Å². The summed E-state index contributed by atoms with van der Waals surface area (Å²) >= 11 is 0. The predicted octanol–water partition coefficient (Wildman–Crippen LogP) is 2.33. The first-order valence-corrected chi connectivity index (χ1v) is 7.93. The highest BCUT2D eigenvalue weighted by Crippen LogP contribution is 2.29. The Bertz CT molecular complexity index is 969. The number of aryl methyl sites for hydroxylation is 1. The third-order valence-electron chi connectivity index (χ3n) is 4.33. The molecule has 1 aromatic carbocycles. The number of rotatable bonds is 4. The van der Waals surface area contributed by atoms with Crippen LogP contribution in [0.1, 0.15) is 29.2 Å². The standard InChI is InChI=1S/C18H17N3O3/c1-20-9-8-19-17(20)11-21(12-6-7-12)18(23)16-10-14(22)13-4-2-3-5-15(13)24-16/h2-5,8-10,12H,6-7,11H2,1H3. The summed E-state index contributed by atoms with van der Waals surface area (Å²) in [5.41, 5.74) is 0.231. The van der Waals surface area contributed by atoms with Gasteiger partial charge in [-0.15, -0.1) is 0 Å². The van der Waals surface area contributed by atoms with E-state index in [0.717, 1.165) is 18.7 Å². The van der Waals surface area contributed by atoms with Crippen LogP contribution in [0, 0.1) is 0 Å². The Morgan fingerprint density at radius 1 is 1.38 bits per heavy atom. The summed E-state index contributed by atoms with van der Waals surface area (Å²) in [6.07, 6.45) is 5.49. The van der Waals surface area contributed by atoms with Gasteiger partial charge in [0.1, 0.15) is 11.4 Å². The Morgan fingerprint density at radius 2 is 2.17 bits per heavy atom. The van der Waals surface area contributed by atoms with Crippen LogP contribution >= 0.6 is 0 Å². The second-order valence-corrected chi connectivity index (χ2v) is 6.09. The average Bonchev–Trinajstić information content (AvgIpc) is 3.35. The van der Waals surface area contributed by atoms with Crippen molar-refractivity contribution in [2.24, 2.45) is 7.05 Å². The molecule has 2 aromatic heterocycles. The zero-order valence-corrected chi connectivity index (χ0v) is 13.3. The summed E-state index contributed by atoms with van der Waals surface area (Å²) in [7, 11) is 1.90. The van der Waals surface area contributed by atoms with E-state index in [0.29, 0.717) is 17.5 Å². The van der Waals surface area contributed by atoms with E-state index in [1.54, 1.807) is 35.4 Å². The van der Waals surface area contributed by atoms with E-state index in [2.05, 4.69) is 4.98 Å². The van der Waals surface area contributed by atoms with Crippen LogP contribution in [-0.2, 0) is 13.6 Å². The first-order valence-electron chi connectivity index (χ1n) is 7.93. The van der Waals surface area contributed by atoms with Gasteiger partial charge in [-0.2, -0.15) is 0 Å². The lowest BCUT2D eigenvalue weighted by Crippen LogP contribution is -2.34. The highest BCUT2D eigenvalue weighted by atomic mass is 16.3. The fraction of sp³-hybridized carbons (Fsp3) is 0.278. The number of fused-ring (bicyclic) bond motifs is 1. The molecule has 0 unspecified atom stereocenters. The molecule has 1 saturated carbocycles. The molecule has 1 aliphatic carbocycles. The van der Waals surface area contributed by atoms with Gasteiger partial charge >= 0.3 is 0 Å². The predicted molar refractivity (Wildman–Crippen MR) is 88.6 cm³/mol. The number of benzene rings is 1. The third-order valence-corrected chi connectivity index (χ3v) is 4.33. The second-order valence-electron chi connectivity index (χ2n) is 6.09. The van der Waals surface area contributed by atoms with Crippen molar-refractivity contribution < 1.29 is 9.21 Å². The highest BCUT2D eigenvalue weighted by molar-refractivity contribution is 5.93. The quantitative estimate of drug-likeness (QED) is 0.739. The van der Waals surface area contributed by atoms with Gasteiger partial charge in [0.2, 0.25) is 0 Å². The van der Waals surface area contributed by atoms with Gasteiger partial charge in [-0.3, -0.25) is 9.59 Å². The monoisotopic (exact) mass is 323 g/mol. The van der Waals surface area contributed by atoms with Crippen molar-refractivity contribution in [3.8, 4) is 0 Å². The molecule has 0 N–H and O–H groups in total. The molecular formula is C18H17N3O3. The topological polar surface area (TPSA) is 68.3 Å². The van der Waals surface area contributed by atoms with Gasteiger partial charge in [0.15, 0.2) is 11.2 Å².